The monoisotopic (exact) mass is 239 g/mol. The molecule has 18 heavy (non-hydrogen) atoms. The van der Waals surface area contributed by atoms with E-state index in [1.807, 2.05) is 25.1 Å². The molecule has 0 bridgehead atoms. The highest BCUT2D eigenvalue weighted by atomic mass is 16.1. The summed E-state index contributed by atoms with van der Waals surface area (Å²) in [5.74, 6) is 0. The van der Waals surface area contributed by atoms with Gasteiger partial charge in [-0.2, -0.15) is 5.26 Å². The molecular formula is C14H13N3O. The van der Waals surface area contributed by atoms with Gasteiger partial charge in [-0.15, -0.1) is 0 Å². The van der Waals surface area contributed by atoms with Crippen LogP contribution in [0.2, 0.25) is 0 Å². The Hall–Kier alpha value is -2.41. The lowest BCUT2D eigenvalue weighted by molar-refractivity contribution is 0.747. The first kappa shape index (κ1) is 12.1. The Labute approximate surface area is 105 Å². The number of nitriles is 1. The topological polar surface area (TPSA) is 58.7 Å². The molecule has 0 amide bonds. The highest BCUT2D eigenvalue weighted by Gasteiger charge is 2.09. The molecular weight excluding hydrogens is 226 g/mol. The van der Waals surface area contributed by atoms with Gasteiger partial charge in [0.1, 0.15) is 11.6 Å². The van der Waals surface area contributed by atoms with Gasteiger partial charge in [-0.25, -0.2) is 0 Å². The number of hydrogen-bond acceptors (Lipinski definition) is 3. The van der Waals surface area contributed by atoms with E-state index in [-0.39, 0.29) is 11.1 Å². The minimum absolute atomic E-state index is 0.226. The van der Waals surface area contributed by atoms with Crippen molar-refractivity contribution in [2.45, 2.75) is 20.4 Å². The van der Waals surface area contributed by atoms with Gasteiger partial charge in [0.2, 0.25) is 0 Å². The van der Waals surface area contributed by atoms with Crippen LogP contribution in [0.25, 0.3) is 0 Å². The summed E-state index contributed by atoms with van der Waals surface area (Å²) in [4.78, 5) is 16.0. The van der Waals surface area contributed by atoms with E-state index in [0.717, 1.165) is 16.7 Å². The highest BCUT2D eigenvalue weighted by Crippen LogP contribution is 2.09. The van der Waals surface area contributed by atoms with Crippen molar-refractivity contribution in [1.29, 1.82) is 5.26 Å². The second kappa shape index (κ2) is 4.84. The van der Waals surface area contributed by atoms with E-state index < -0.39 is 0 Å². The van der Waals surface area contributed by atoms with Gasteiger partial charge < -0.3 is 4.57 Å². The van der Waals surface area contributed by atoms with Gasteiger partial charge in [0.15, 0.2) is 0 Å². The highest BCUT2D eigenvalue weighted by molar-refractivity contribution is 5.39. The summed E-state index contributed by atoms with van der Waals surface area (Å²) < 4.78 is 1.57. The maximum atomic E-state index is 12.1. The van der Waals surface area contributed by atoms with Crippen molar-refractivity contribution in [3.63, 3.8) is 0 Å². The normalized spacial score (nSPS) is 10.1. The third-order valence-electron chi connectivity index (χ3n) is 3.00. The zero-order valence-electron chi connectivity index (χ0n) is 10.3. The molecule has 0 atom stereocenters. The summed E-state index contributed by atoms with van der Waals surface area (Å²) in [7, 11) is 0. The van der Waals surface area contributed by atoms with Crippen molar-refractivity contribution in [3.8, 4) is 6.07 Å². The minimum atomic E-state index is -0.239. The molecule has 0 spiro atoms. The molecule has 0 saturated carbocycles. The molecule has 2 aromatic heterocycles. The predicted octanol–water partition coefficient (Wildman–Crippen LogP) is 1.78. The van der Waals surface area contributed by atoms with E-state index in [1.165, 1.54) is 0 Å². The molecule has 0 aliphatic rings. The van der Waals surface area contributed by atoms with Crippen LogP contribution >= 0.6 is 0 Å². The van der Waals surface area contributed by atoms with Crippen LogP contribution in [0.4, 0.5) is 0 Å². The molecule has 0 aliphatic carbocycles. The maximum absolute atomic E-state index is 12.1. The van der Waals surface area contributed by atoms with E-state index in [2.05, 4.69) is 4.98 Å². The number of rotatable bonds is 2. The predicted molar refractivity (Wildman–Crippen MR) is 68.2 cm³/mol. The van der Waals surface area contributed by atoms with Crippen LogP contribution in [0.3, 0.4) is 0 Å². The third kappa shape index (κ3) is 2.16. The minimum Gasteiger partial charge on any atom is -0.310 e. The molecule has 0 saturated heterocycles. The molecule has 0 N–H and O–H groups in total. The van der Waals surface area contributed by atoms with Gasteiger partial charge in [0, 0.05) is 18.6 Å². The number of nitrogens with zero attached hydrogens (tertiary/aromatic N) is 3. The number of aryl methyl sites for hydroxylation is 1. The maximum Gasteiger partial charge on any atom is 0.269 e. The molecule has 2 heterocycles. The first-order valence-electron chi connectivity index (χ1n) is 5.63. The lowest BCUT2D eigenvalue weighted by Crippen LogP contribution is -2.24. The third-order valence-corrected chi connectivity index (χ3v) is 3.00. The molecule has 90 valence electrons. The molecule has 2 aromatic rings. The number of hydrogen-bond donors (Lipinski definition) is 0. The Kier molecular flexibility index (Phi) is 3.24. The molecule has 4 heteroatoms. The van der Waals surface area contributed by atoms with E-state index in [0.29, 0.717) is 6.54 Å². The van der Waals surface area contributed by atoms with Crippen molar-refractivity contribution >= 4 is 0 Å². The second-order valence-corrected chi connectivity index (χ2v) is 4.21. The number of pyridine rings is 2. The van der Waals surface area contributed by atoms with Crippen molar-refractivity contribution < 1.29 is 0 Å². The first-order chi connectivity index (χ1) is 8.63. The molecule has 0 aromatic carbocycles. The Balaban J connectivity index is 2.51. The van der Waals surface area contributed by atoms with Crippen molar-refractivity contribution in [1.82, 2.24) is 9.55 Å². The fraction of sp³-hybridized carbons (Fsp3) is 0.214. The van der Waals surface area contributed by atoms with Crippen LogP contribution in [0.15, 0.2) is 35.5 Å². The first-order valence-corrected chi connectivity index (χ1v) is 5.63. The SMILES string of the molecule is Cc1cn(Cc2ccncc2)c(=O)c(C#N)c1C. The van der Waals surface area contributed by atoms with Crippen LogP contribution in [-0.4, -0.2) is 9.55 Å². The Bertz CT molecular complexity index is 666. The van der Waals surface area contributed by atoms with Gasteiger partial charge in [0.05, 0.1) is 6.54 Å². The van der Waals surface area contributed by atoms with Gasteiger partial charge >= 0.3 is 0 Å². The van der Waals surface area contributed by atoms with Gasteiger partial charge in [-0.3, -0.25) is 9.78 Å². The van der Waals surface area contributed by atoms with E-state index in [4.69, 9.17) is 5.26 Å². The molecule has 0 fully saturated rings. The smallest absolute Gasteiger partial charge is 0.269 e. The van der Waals surface area contributed by atoms with Crippen molar-refractivity contribution in [2.75, 3.05) is 0 Å². The van der Waals surface area contributed by atoms with Crippen LogP contribution in [-0.2, 0) is 6.54 Å². The fourth-order valence-corrected chi connectivity index (χ4v) is 1.82. The summed E-state index contributed by atoms with van der Waals surface area (Å²) in [6, 6.07) is 5.69. The second-order valence-electron chi connectivity index (χ2n) is 4.21. The molecule has 2 rings (SSSR count). The van der Waals surface area contributed by atoms with Crippen LogP contribution in [0.5, 0.6) is 0 Å². The van der Waals surface area contributed by atoms with Gasteiger partial charge in [-0.05, 0) is 42.7 Å². The Morgan fingerprint density at radius 1 is 1.33 bits per heavy atom. The van der Waals surface area contributed by atoms with Crippen molar-refractivity contribution in [3.05, 3.63) is 63.3 Å². The average molecular weight is 239 g/mol. The fourth-order valence-electron chi connectivity index (χ4n) is 1.82. The Morgan fingerprint density at radius 2 is 2.00 bits per heavy atom. The van der Waals surface area contributed by atoms with Crippen LogP contribution < -0.4 is 5.56 Å². The lowest BCUT2D eigenvalue weighted by Gasteiger charge is -2.10. The van der Waals surface area contributed by atoms with E-state index in [9.17, 15) is 4.79 Å². The van der Waals surface area contributed by atoms with Crippen molar-refractivity contribution in [2.24, 2.45) is 0 Å². The van der Waals surface area contributed by atoms with Gasteiger partial charge in [0.25, 0.3) is 5.56 Å². The quantitative estimate of drug-likeness (QED) is 0.802. The summed E-state index contributed by atoms with van der Waals surface area (Å²) >= 11 is 0. The summed E-state index contributed by atoms with van der Waals surface area (Å²) in [6.45, 7) is 4.15. The average Bonchev–Trinajstić information content (AvgIpc) is 2.38. The van der Waals surface area contributed by atoms with Gasteiger partial charge in [-0.1, -0.05) is 0 Å². The number of aromatic nitrogens is 2. The summed E-state index contributed by atoms with van der Waals surface area (Å²) in [6.07, 6.45) is 5.16. The Morgan fingerprint density at radius 3 is 2.61 bits per heavy atom. The summed E-state index contributed by atoms with van der Waals surface area (Å²) in [5, 5.41) is 9.04. The lowest BCUT2D eigenvalue weighted by atomic mass is 10.1. The molecule has 4 nitrogen and oxygen atoms in total. The van der Waals surface area contributed by atoms with Crippen LogP contribution in [0, 0.1) is 25.2 Å². The van der Waals surface area contributed by atoms with E-state index in [1.54, 1.807) is 30.1 Å². The standard InChI is InChI=1S/C14H13N3O/c1-10-8-17(9-12-3-5-16-6-4-12)14(18)13(7-15)11(10)2/h3-6,8H,9H2,1-2H3. The largest absolute Gasteiger partial charge is 0.310 e. The molecule has 0 unspecified atom stereocenters. The molecule has 0 aliphatic heterocycles. The van der Waals surface area contributed by atoms with E-state index >= 15 is 0 Å². The zero-order chi connectivity index (χ0) is 13.1. The van der Waals surface area contributed by atoms with Crippen LogP contribution in [0.1, 0.15) is 22.3 Å². The summed E-state index contributed by atoms with van der Waals surface area (Å²) in [5.41, 5.74) is 2.68. The molecule has 0 radical (unpaired) electrons. The zero-order valence-corrected chi connectivity index (χ0v) is 10.3.